The van der Waals surface area contributed by atoms with Gasteiger partial charge in [-0.15, -0.1) is 0 Å². The summed E-state index contributed by atoms with van der Waals surface area (Å²) in [5, 5.41) is 0.773. The Hall–Kier alpha value is -3.18. The van der Waals surface area contributed by atoms with Crippen molar-refractivity contribution in [1.29, 1.82) is 0 Å². The van der Waals surface area contributed by atoms with Gasteiger partial charge in [0.25, 0.3) is 0 Å². The molecule has 1 aliphatic rings. The van der Waals surface area contributed by atoms with Crippen LogP contribution in [0.5, 0.6) is 5.75 Å². The predicted octanol–water partition coefficient (Wildman–Crippen LogP) is 7.00. The van der Waals surface area contributed by atoms with E-state index in [-0.39, 0.29) is 29.9 Å². The van der Waals surface area contributed by atoms with Gasteiger partial charge in [-0.2, -0.15) is 0 Å². The molecule has 33 heavy (non-hydrogen) atoms. The Labute approximate surface area is 192 Å². The predicted molar refractivity (Wildman–Crippen MR) is 126 cm³/mol. The average molecular weight is 448 g/mol. The zero-order chi connectivity index (χ0) is 22.9. The van der Waals surface area contributed by atoms with Crippen LogP contribution in [0.2, 0.25) is 0 Å². The van der Waals surface area contributed by atoms with Crippen LogP contribution in [0.4, 0.5) is 8.78 Å². The molecule has 0 saturated carbocycles. The molecular weight excluding hydrogens is 420 g/mol. The Balaban J connectivity index is 1.70. The second-order valence-electron chi connectivity index (χ2n) is 8.71. The maximum atomic E-state index is 15.1. The van der Waals surface area contributed by atoms with Gasteiger partial charge in [0, 0.05) is 35.9 Å². The molecule has 170 valence electrons. The monoisotopic (exact) mass is 447 g/mol. The van der Waals surface area contributed by atoms with Crippen LogP contribution in [-0.2, 0) is 11.3 Å². The van der Waals surface area contributed by atoms with Gasteiger partial charge in [0.2, 0.25) is 0 Å². The fraction of sp³-hybridized carbons (Fsp3) is 0.286. The molecule has 0 N–H and O–H groups in total. The number of aryl methyl sites for hydroxylation is 2. The second kappa shape index (κ2) is 8.99. The van der Waals surface area contributed by atoms with Crippen LogP contribution in [0.15, 0.2) is 60.7 Å². The van der Waals surface area contributed by atoms with Gasteiger partial charge in [0.05, 0.1) is 5.52 Å². The highest BCUT2D eigenvalue weighted by Gasteiger charge is 2.28. The zero-order valence-corrected chi connectivity index (χ0v) is 18.9. The van der Waals surface area contributed by atoms with E-state index in [1.807, 2.05) is 43.3 Å². The highest BCUT2D eigenvalue weighted by Crippen LogP contribution is 2.42. The minimum Gasteiger partial charge on any atom is -0.485 e. The molecule has 0 bridgehead atoms. The van der Waals surface area contributed by atoms with Gasteiger partial charge in [0.15, 0.2) is 11.6 Å². The number of fused-ring (bicyclic) bond motifs is 1. The number of halogens is 2. The van der Waals surface area contributed by atoms with Crippen molar-refractivity contribution in [3.63, 3.8) is 0 Å². The lowest BCUT2D eigenvalue weighted by Gasteiger charge is -2.25. The van der Waals surface area contributed by atoms with Crippen molar-refractivity contribution in [1.82, 2.24) is 4.57 Å². The summed E-state index contributed by atoms with van der Waals surface area (Å²) in [5.74, 6) is -0.0914. The summed E-state index contributed by atoms with van der Waals surface area (Å²) in [7, 11) is 0. The summed E-state index contributed by atoms with van der Waals surface area (Å²) in [6.07, 6.45) is 1.78. The summed E-state index contributed by atoms with van der Waals surface area (Å²) >= 11 is 0. The van der Waals surface area contributed by atoms with Crippen LogP contribution in [0.3, 0.4) is 0 Å². The van der Waals surface area contributed by atoms with Crippen molar-refractivity contribution < 1.29 is 18.3 Å². The summed E-state index contributed by atoms with van der Waals surface area (Å²) in [4.78, 5) is 0. The van der Waals surface area contributed by atoms with E-state index >= 15 is 4.39 Å². The topological polar surface area (TPSA) is 23.4 Å². The Morgan fingerprint density at radius 2 is 1.67 bits per heavy atom. The molecule has 0 atom stereocenters. The van der Waals surface area contributed by atoms with Gasteiger partial charge in [-0.05, 0) is 73.7 Å². The van der Waals surface area contributed by atoms with Crippen molar-refractivity contribution >= 4 is 10.9 Å². The molecule has 0 amide bonds. The van der Waals surface area contributed by atoms with Gasteiger partial charge < -0.3 is 14.0 Å². The second-order valence-corrected chi connectivity index (χ2v) is 8.71. The zero-order valence-electron chi connectivity index (χ0n) is 18.9. The first-order valence-corrected chi connectivity index (χ1v) is 11.4. The van der Waals surface area contributed by atoms with E-state index in [0.29, 0.717) is 18.8 Å². The van der Waals surface area contributed by atoms with Crippen LogP contribution in [0.1, 0.15) is 41.1 Å². The van der Waals surface area contributed by atoms with E-state index in [0.717, 1.165) is 46.3 Å². The highest BCUT2D eigenvalue weighted by molar-refractivity contribution is 5.93. The molecule has 1 saturated heterocycles. The Bertz CT molecular complexity index is 1290. The molecule has 0 radical (unpaired) electrons. The van der Waals surface area contributed by atoms with E-state index in [1.54, 1.807) is 19.1 Å². The van der Waals surface area contributed by atoms with Crippen LogP contribution >= 0.6 is 0 Å². The SMILES string of the molecule is Cc1cc(-n2c(C3CCOCC3)c(C)c3c(OCc4ccccc4)c(F)ccc32)ccc1F. The first-order chi connectivity index (χ1) is 16.0. The molecule has 1 fully saturated rings. The maximum absolute atomic E-state index is 15.1. The number of ether oxygens (including phenoxy) is 2. The normalized spacial score (nSPS) is 14.7. The van der Waals surface area contributed by atoms with Gasteiger partial charge in [0.1, 0.15) is 12.4 Å². The molecule has 5 heteroatoms. The minimum absolute atomic E-state index is 0.238. The Morgan fingerprint density at radius 3 is 2.39 bits per heavy atom. The molecule has 4 aromatic rings. The molecule has 3 aromatic carbocycles. The van der Waals surface area contributed by atoms with Crippen molar-refractivity contribution in [3.8, 4) is 11.4 Å². The van der Waals surface area contributed by atoms with Gasteiger partial charge >= 0.3 is 0 Å². The van der Waals surface area contributed by atoms with E-state index in [1.165, 1.54) is 12.1 Å². The number of rotatable bonds is 5. The number of nitrogens with zero attached hydrogens (tertiary/aromatic N) is 1. The number of hydrogen-bond donors (Lipinski definition) is 0. The third-order valence-corrected chi connectivity index (χ3v) is 6.56. The standard InChI is InChI=1S/C28H27F2NO2/c1-18-16-22(8-9-23(18)29)31-25-11-10-24(30)28(33-17-20-6-4-3-5-7-20)26(25)19(2)27(31)21-12-14-32-15-13-21/h3-11,16,21H,12-15,17H2,1-2H3. The summed E-state index contributed by atoms with van der Waals surface area (Å²) in [6.45, 7) is 5.47. The Morgan fingerprint density at radius 1 is 0.939 bits per heavy atom. The van der Waals surface area contributed by atoms with Crippen LogP contribution in [0.25, 0.3) is 16.6 Å². The van der Waals surface area contributed by atoms with Crippen molar-refractivity contribution in [2.75, 3.05) is 13.2 Å². The summed E-state index contributed by atoms with van der Waals surface area (Å²) < 4.78 is 43.0. The van der Waals surface area contributed by atoms with E-state index in [2.05, 4.69) is 4.57 Å². The fourth-order valence-corrected chi connectivity index (χ4v) is 4.90. The lowest BCUT2D eigenvalue weighted by Crippen LogP contribution is -2.17. The quantitative estimate of drug-likeness (QED) is 0.329. The van der Waals surface area contributed by atoms with Crippen LogP contribution in [0, 0.1) is 25.5 Å². The smallest absolute Gasteiger partial charge is 0.165 e. The van der Waals surface area contributed by atoms with Gasteiger partial charge in [-0.1, -0.05) is 30.3 Å². The van der Waals surface area contributed by atoms with Gasteiger partial charge in [-0.3, -0.25) is 0 Å². The van der Waals surface area contributed by atoms with Crippen molar-refractivity contribution in [3.05, 3.63) is 94.7 Å². The molecule has 3 nitrogen and oxygen atoms in total. The molecule has 0 spiro atoms. The first-order valence-electron chi connectivity index (χ1n) is 11.4. The van der Waals surface area contributed by atoms with Crippen molar-refractivity contribution in [2.45, 2.75) is 39.2 Å². The van der Waals surface area contributed by atoms with Crippen LogP contribution < -0.4 is 4.74 Å². The Kier molecular flexibility index (Phi) is 5.90. The molecule has 2 heterocycles. The molecule has 5 rings (SSSR count). The third-order valence-electron chi connectivity index (χ3n) is 6.56. The fourth-order valence-electron chi connectivity index (χ4n) is 4.90. The first kappa shape index (κ1) is 21.7. The minimum atomic E-state index is -0.382. The molecule has 0 aliphatic carbocycles. The number of aromatic nitrogens is 1. The molecule has 1 aromatic heterocycles. The highest BCUT2D eigenvalue weighted by atomic mass is 19.1. The van der Waals surface area contributed by atoms with E-state index < -0.39 is 0 Å². The third kappa shape index (κ3) is 4.02. The van der Waals surface area contributed by atoms with E-state index in [9.17, 15) is 4.39 Å². The lowest BCUT2D eigenvalue weighted by atomic mass is 9.93. The summed E-state index contributed by atoms with van der Waals surface area (Å²) in [6, 6.07) is 18.2. The van der Waals surface area contributed by atoms with Crippen LogP contribution in [-0.4, -0.2) is 17.8 Å². The average Bonchev–Trinajstić information content (AvgIpc) is 3.14. The lowest BCUT2D eigenvalue weighted by molar-refractivity contribution is 0.0841. The largest absolute Gasteiger partial charge is 0.485 e. The van der Waals surface area contributed by atoms with Crippen molar-refractivity contribution in [2.24, 2.45) is 0 Å². The summed E-state index contributed by atoms with van der Waals surface area (Å²) in [5.41, 5.74) is 5.41. The number of hydrogen-bond acceptors (Lipinski definition) is 2. The molecule has 1 aliphatic heterocycles. The number of benzene rings is 3. The van der Waals surface area contributed by atoms with Gasteiger partial charge in [-0.25, -0.2) is 8.78 Å². The van der Waals surface area contributed by atoms with E-state index in [4.69, 9.17) is 9.47 Å². The maximum Gasteiger partial charge on any atom is 0.165 e. The molecular formula is C28H27F2NO2. The molecule has 0 unspecified atom stereocenters.